The maximum atomic E-state index is 13.8. The molecule has 2 fully saturated rings. The molecule has 2 N–H and O–H groups in total. The minimum Gasteiger partial charge on any atom is -0.491 e. The molecule has 4 aromatic rings. The van der Waals surface area contributed by atoms with Gasteiger partial charge in [-0.2, -0.15) is 0 Å². The second kappa shape index (κ2) is 12.1. The van der Waals surface area contributed by atoms with Crippen LogP contribution in [-0.4, -0.2) is 46.1 Å². The fourth-order valence-corrected chi connectivity index (χ4v) is 7.38. The Morgan fingerprint density at radius 1 is 0.956 bits per heavy atom. The van der Waals surface area contributed by atoms with Gasteiger partial charge in [0.25, 0.3) is 5.91 Å². The molecule has 0 radical (unpaired) electrons. The average Bonchev–Trinajstić information content (AvgIpc) is 3.23. The molecule has 1 aliphatic heterocycles. The van der Waals surface area contributed by atoms with Crippen LogP contribution in [0, 0.1) is 0 Å². The van der Waals surface area contributed by atoms with E-state index in [1.54, 1.807) is 24.3 Å². The summed E-state index contributed by atoms with van der Waals surface area (Å²) in [5.41, 5.74) is 5.19. The van der Waals surface area contributed by atoms with Crippen molar-refractivity contribution in [1.82, 2.24) is 9.88 Å². The lowest BCUT2D eigenvalue weighted by Crippen LogP contribution is -2.59. The van der Waals surface area contributed by atoms with Gasteiger partial charge in [-0.1, -0.05) is 49.6 Å². The smallest absolute Gasteiger partial charge is 0.341 e. The van der Waals surface area contributed by atoms with E-state index in [0.29, 0.717) is 43.2 Å². The van der Waals surface area contributed by atoms with E-state index in [4.69, 9.17) is 14.6 Å². The molecule has 7 rings (SSSR count). The summed E-state index contributed by atoms with van der Waals surface area (Å²) in [7, 11) is 0. The third-order valence-corrected chi connectivity index (χ3v) is 9.84. The van der Waals surface area contributed by atoms with E-state index in [-0.39, 0.29) is 18.1 Å². The van der Waals surface area contributed by atoms with Gasteiger partial charge < -0.3 is 24.5 Å². The lowest BCUT2D eigenvalue weighted by atomic mass is 9.72. The molecule has 0 atom stereocenters. The second-order valence-electron chi connectivity index (χ2n) is 12.6. The van der Waals surface area contributed by atoms with Gasteiger partial charge in [0.15, 0.2) is 12.4 Å². The van der Waals surface area contributed by atoms with Crippen molar-refractivity contribution in [1.29, 1.82) is 0 Å². The Morgan fingerprint density at radius 3 is 2.47 bits per heavy atom. The average molecular weight is 607 g/mol. The molecule has 3 aliphatic rings. The zero-order valence-corrected chi connectivity index (χ0v) is 25.3. The fourth-order valence-electron chi connectivity index (χ4n) is 7.38. The molecule has 2 saturated carbocycles. The van der Waals surface area contributed by atoms with Gasteiger partial charge in [-0.25, -0.2) is 4.79 Å². The second-order valence-corrected chi connectivity index (χ2v) is 12.6. The minimum absolute atomic E-state index is 0.0210. The summed E-state index contributed by atoms with van der Waals surface area (Å²) in [6.07, 6.45) is 8.35. The number of carbonyl (C=O) groups is 3. The number of nitrogens with zero attached hydrogens (tertiary/aromatic N) is 1. The summed E-state index contributed by atoms with van der Waals surface area (Å²) >= 11 is 0. The number of ether oxygens (including phenoxy) is 2. The third-order valence-electron chi connectivity index (χ3n) is 9.84. The van der Waals surface area contributed by atoms with E-state index < -0.39 is 18.1 Å². The largest absolute Gasteiger partial charge is 0.491 e. The zero-order chi connectivity index (χ0) is 31.0. The van der Waals surface area contributed by atoms with E-state index in [1.165, 1.54) is 48.7 Å². The number of amides is 1. The summed E-state index contributed by atoms with van der Waals surface area (Å²) < 4.78 is 13.7. The molecule has 1 aromatic heterocycles. The molecule has 2 aliphatic carbocycles. The first kappa shape index (κ1) is 29.1. The van der Waals surface area contributed by atoms with E-state index in [2.05, 4.69) is 28.1 Å². The Bertz CT molecular complexity index is 1760. The number of fused-ring (bicyclic) bond motifs is 5. The lowest BCUT2D eigenvalue weighted by molar-refractivity contribution is -0.139. The Morgan fingerprint density at radius 2 is 1.73 bits per heavy atom. The van der Waals surface area contributed by atoms with Crippen LogP contribution in [0.1, 0.15) is 78.8 Å². The van der Waals surface area contributed by atoms with Crippen LogP contribution < -0.4 is 14.8 Å². The van der Waals surface area contributed by atoms with Crippen LogP contribution >= 0.6 is 0 Å². The van der Waals surface area contributed by atoms with Gasteiger partial charge in [-0.15, -0.1) is 0 Å². The predicted octanol–water partition coefficient (Wildman–Crippen LogP) is 6.68. The molecule has 1 amide bonds. The zero-order valence-electron chi connectivity index (χ0n) is 25.3. The monoisotopic (exact) mass is 606 g/mol. The van der Waals surface area contributed by atoms with Crippen LogP contribution in [0.4, 0.5) is 0 Å². The van der Waals surface area contributed by atoms with Crippen molar-refractivity contribution in [3.05, 3.63) is 83.4 Å². The van der Waals surface area contributed by atoms with Gasteiger partial charge in [0.05, 0.1) is 17.8 Å². The standard InChI is InChI=1S/C37H38N2O6/c40-32(21-24-11-14-27(15-12-24)45-23-33(41)42)37(17-6-18-37)38-36(43)26-13-16-28-30(22-26)39-19-20-44-31-10-5-4-9-29(31)35(39)34(28)25-7-2-1-3-8-25/h4-5,9-16,22,25H,1-3,6-8,17-21,23H2,(H,38,43)(H,41,42). The summed E-state index contributed by atoms with van der Waals surface area (Å²) in [4.78, 5) is 38.2. The Kier molecular flexibility index (Phi) is 7.81. The summed E-state index contributed by atoms with van der Waals surface area (Å²) in [5, 5.41) is 13.2. The number of rotatable bonds is 9. The van der Waals surface area contributed by atoms with Crippen molar-refractivity contribution in [2.75, 3.05) is 13.2 Å². The summed E-state index contributed by atoms with van der Waals surface area (Å²) in [6, 6.07) is 21.2. The molecular weight excluding hydrogens is 568 g/mol. The first-order valence-corrected chi connectivity index (χ1v) is 16.1. The molecule has 0 unspecified atom stereocenters. The number of hydrogen-bond acceptors (Lipinski definition) is 5. The molecule has 0 saturated heterocycles. The van der Waals surface area contributed by atoms with Crippen molar-refractivity contribution < 1.29 is 29.0 Å². The normalized spacial score (nSPS) is 17.2. The van der Waals surface area contributed by atoms with Gasteiger partial charge in [-0.05, 0) is 85.5 Å². The highest BCUT2D eigenvalue weighted by Gasteiger charge is 2.45. The maximum Gasteiger partial charge on any atom is 0.341 e. The highest BCUT2D eigenvalue weighted by Crippen LogP contribution is 2.47. The van der Waals surface area contributed by atoms with Gasteiger partial charge >= 0.3 is 5.97 Å². The first-order chi connectivity index (χ1) is 21.9. The van der Waals surface area contributed by atoms with Crippen LogP contribution in [0.3, 0.4) is 0 Å². The molecule has 0 spiro atoms. The number of para-hydroxylation sites is 1. The van der Waals surface area contributed by atoms with Crippen molar-refractivity contribution in [3.63, 3.8) is 0 Å². The number of benzene rings is 3. The number of carboxylic acids is 1. The third kappa shape index (κ3) is 5.58. The fraction of sp³-hybridized carbons (Fsp3) is 0.378. The highest BCUT2D eigenvalue weighted by molar-refractivity contribution is 6.04. The quantitative estimate of drug-likeness (QED) is 0.220. The van der Waals surface area contributed by atoms with Crippen LogP contribution in [0.2, 0.25) is 0 Å². The molecular formula is C37H38N2O6. The number of carboxylic acid groups (broad SMARTS) is 1. The number of nitrogens with one attached hydrogen (secondary N) is 1. The van der Waals surface area contributed by atoms with Crippen molar-refractivity contribution in [2.45, 2.75) is 75.8 Å². The van der Waals surface area contributed by atoms with E-state index in [9.17, 15) is 14.4 Å². The van der Waals surface area contributed by atoms with Gasteiger partial charge in [0, 0.05) is 28.5 Å². The molecule has 3 aromatic carbocycles. The topological polar surface area (TPSA) is 107 Å². The van der Waals surface area contributed by atoms with E-state index in [1.807, 2.05) is 24.3 Å². The van der Waals surface area contributed by atoms with Crippen molar-refractivity contribution >= 4 is 28.6 Å². The van der Waals surface area contributed by atoms with E-state index in [0.717, 1.165) is 28.8 Å². The van der Waals surface area contributed by atoms with E-state index >= 15 is 0 Å². The van der Waals surface area contributed by atoms with Crippen molar-refractivity contribution in [2.24, 2.45) is 0 Å². The lowest BCUT2D eigenvalue weighted by Gasteiger charge is -2.41. The van der Waals surface area contributed by atoms with Crippen LogP contribution in [-0.2, 0) is 22.6 Å². The Hall–Kier alpha value is -4.59. The number of aliphatic carboxylic acids is 1. The number of Topliss-reactive ketones (excluding diaryl/α,β-unsaturated/α-hetero) is 1. The molecule has 8 heteroatoms. The van der Waals surface area contributed by atoms with Gasteiger partial charge in [0.2, 0.25) is 0 Å². The number of hydrogen-bond donors (Lipinski definition) is 2. The number of carbonyl (C=O) groups excluding carboxylic acids is 2. The molecule has 8 nitrogen and oxygen atoms in total. The van der Waals surface area contributed by atoms with Crippen LogP contribution in [0.5, 0.6) is 11.5 Å². The molecule has 232 valence electrons. The van der Waals surface area contributed by atoms with Gasteiger partial charge in [-0.3, -0.25) is 9.59 Å². The molecule has 0 bridgehead atoms. The number of ketones is 1. The highest BCUT2D eigenvalue weighted by atomic mass is 16.5. The van der Waals surface area contributed by atoms with Gasteiger partial charge in [0.1, 0.15) is 18.1 Å². The number of aromatic nitrogens is 1. The Balaban J connectivity index is 1.17. The SMILES string of the molecule is O=C(O)COc1ccc(CC(=O)C2(NC(=O)c3ccc4c(C5CCCCC5)c5n(c4c3)CCOc3ccccc3-5)CCC2)cc1. The first-order valence-electron chi connectivity index (χ1n) is 16.1. The molecule has 45 heavy (non-hydrogen) atoms. The summed E-state index contributed by atoms with van der Waals surface area (Å²) in [5.74, 6) is 0.502. The maximum absolute atomic E-state index is 13.8. The van der Waals surface area contributed by atoms with Crippen molar-refractivity contribution in [3.8, 4) is 22.8 Å². The molecule has 2 heterocycles. The Labute approximate surface area is 262 Å². The predicted molar refractivity (Wildman–Crippen MR) is 171 cm³/mol. The minimum atomic E-state index is -1.05. The van der Waals surface area contributed by atoms with Crippen LogP contribution in [0.25, 0.3) is 22.2 Å². The summed E-state index contributed by atoms with van der Waals surface area (Å²) in [6.45, 7) is 0.827. The van der Waals surface area contributed by atoms with Crippen LogP contribution in [0.15, 0.2) is 66.7 Å².